The second-order valence-corrected chi connectivity index (χ2v) is 5.24. The molecule has 7 nitrogen and oxygen atoms in total. The molecular formula is C9H22N6O. The van der Waals surface area contributed by atoms with Crippen LogP contribution in [-0.4, -0.2) is 36.6 Å². The van der Waals surface area contributed by atoms with Crippen molar-refractivity contribution in [2.75, 3.05) is 13.2 Å². The molecule has 94 valence electrons. The number of hydrogen-bond donors (Lipinski definition) is 6. The van der Waals surface area contributed by atoms with E-state index < -0.39 is 17.4 Å². The van der Waals surface area contributed by atoms with Gasteiger partial charge in [-0.05, 0) is 20.8 Å². The van der Waals surface area contributed by atoms with Crippen molar-refractivity contribution in [2.24, 2.45) is 11.5 Å². The largest absolute Gasteiger partial charge is 0.372 e. The highest BCUT2D eigenvalue weighted by Gasteiger charge is 2.44. The highest BCUT2D eigenvalue weighted by Crippen LogP contribution is 2.13. The van der Waals surface area contributed by atoms with Crippen molar-refractivity contribution >= 4 is 0 Å². The fourth-order valence-corrected chi connectivity index (χ4v) is 2.26. The van der Waals surface area contributed by atoms with Crippen LogP contribution >= 0.6 is 0 Å². The van der Waals surface area contributed by atoms with E-state index in [2.05, 4.69) is 21.3 Å². The first-order valence-corrected chi connectivity index (χ1v) is 5.52. The molecule has 2 aliphatic rings. The van der Waals surface area contributed by atoms with Gasteiger partial charge >= 0.3 is 0 Å². The lowest BCUT2D eigenvalue weighted by Gasteiger charge is -2.53. The minimum atomic E-state index is -0.735. The zero-order chi connectivity index (χ0) is 12.0. The van der Waals surface area contributed by atoms with E-state index in [4.69, 9.17) is 16.2 Å². The summed E-state index contributed by atoms with van der Waals surface area (Å²) in [6.45, 7) is 7.23. The Morgan fingerprint density at radius 2 is 1.69 bits per heavy atom. The number of nitrogens with one attached hydrogen (secondary N) is 4. The second kappa shape index (κ2) is 3.61. The lowest BCUT2D eigenvalue weighted by molar-refractivity contribution is 0.00158. The fourth-order valence-electron chi connectivity index (χ4n) is 2.26. The average molecular weight is 230 g/mol. The first-order valence-electron chi connectivity index (χ1n) is 5.52. The van der Waals surface area contributed by atoms with Gasteiger partial charge in [0, 0.05) is 6.54 Å². The number of epoxide rings is 1. The normalized spacial score (nSPS) is 52.7. The van der Waals surface area contributed by atoms with Crippen LogP contribution in [-0.2, 0) is 4.74 Å². The molecule has 16 heavy (non-hydrogen) atoms. The van der Waals surface area contributed by atoms with Gasteiger partial charge in [0.15, 0.2) is 0 Å². The third-order valence-corrected chi connectivity index (χ3v) is 2.62. The fraction of sp³-hybridized carbons (Fsp3) is 1.00. The first-order chi connectivity index (χ1) is 7.20. The summed E-state index contributed by atoms with van der Waals surface area (Å²) in [6, 6.07) is 0. The van der Waals surface area contributed by atoms with Crippen LogP contribution in [0.1, 0.15) is 20.8 Å². The van der Waals surface area contributed by atoms with E-state index in [0.29, 0.717) is 6.10 Å². The van der Waals surface area contributed by atoms with Gasteiger partial charge in [0.2, 0.25) is 0 Å². The SMILES string of the molecule is CC1(N)NC(C)(N)NC(C)(NCC2CO2)N1. The van der Waals surface area contributed by atoms with Crippen molar-refractivity contribution in [3.05, 3.63) is 0 Å². The topological polar surface area (TPSA) is 113 Å². The van der Waals surface area contributed by atoms with Crippen LogP contribution in [0.2, 0.25) is 0 Å². The summed E-state index contributed by atoms with van der Waals surface area (Å²) in [5.74, 6) is -1.99. The molecule has 0 amide bonds. The van der Waals surface area contributed by atoms with Crippen molar-refractivity contribution in [2.45, 2.75) is 44.2 Å². The lowest BCUT2D eigenvalue weighted by Crippen LogP contribution is -2.90. The van der Waals surface area contributed by atoms with E-state index in [-0.39, 0.29) is 0 Å². The molecule has 0 spiro atoms. The summed E-state index contributed by atoms with van der Waals surface area (Å²) in [6.07, 6.45) is 0.309. The Labute approximate surface area is 95.6 Å². The molecule has 2 fully saturated rings. The van der Waals surface area contributed by atoms with Crippen LogP contribution in [0.5, 0.6) is 0 Å². The molecule has 0 aromatic rings. The molecule has 2 heterocycles. The molecule has 0 saturated carbocycles. The van der Waals surface area contributed by atoms with Crippen molar-refractivity contribution in [1.29, 1.82) is 0 Å². The number of nitrogens with two attached hydrogens (primary N) is 2. The predicted octanol–water partition coefficient (Wildman–Crippen LogP) is -2.30. The Morgan fingerprint density at radius 3 is 2.12 bits per heavy atom. The molecule has 2 saturated heterocycles. The molecule has 2 rings (SSSR count). The minimum absolute atomic E-state index is 0.309. The highest BCUT2D eigenvalue weighted by molar-refractivity contribution is 4.98. The molecule has 0 aromatic carbocycles. The number of ether oxygens (including phenoxy) is 1. The van der Waals surface area contributed by atoms with Crippen LogP contribution in [0.15, 0.2) is 0 Å². The van der Waals surface area contributed by atoms with E-state index in [0.717, 1.165) is 13.2 Å². The molecule has 3 unspecified atom stereocenters. The Bertz CT molecular complexity index is 259. The molecule has 0 bridgehead atoms. The summed E-state index contributed by atoms with van der Waals surface area (Å²) in [7, 11) is 0. The summed E-state index contributed by atoms with van der Waals surface area (Å²) < 4.78 is 5.15. The summed E-state index contributed by atoms with van der Waals surface area (Å²) >= 11 is 0. The van der Waals surface area contributed by atoms with E-state index in [1.54, 1.807) is 0 Å². The van der Waals surface area contributed by atoms with Crippen LogP contribution < -0.4 is 32.7 Å². The summed E-state index contributed by atoms with van der Waals surface area (Å²) in [5.41, 5.74) is 12.1. The third kappa shape index (κ3) is 3.11. The van der Waals surface area contributed by atoms with E-state index in [9.17, 15) is 0 Å². The maximum Gasteiger partial charge on any atom is 0.125 e. The van der Waals surface area contributed by atoms with Gasteiger partial charge in [-0.15, -0.1) is 0 Å². The summed E-state index contributed by atoms with van der Waals surface area (Å²) in [5, 5.41) is 12.8. The maximum atomic E-state index is 6.04. The van der Waals surface area contributed by atoms with E-state index in [1.165, 1.54) is 0 Å². The average Bonchev–Trinajstić information content (AvgIpc) is 2.75. The zero-order valence-electron chi connectivity index (χ0n) is 10.1. The van der Waals surface area contributed by atoms with Gasteiger partial charge in [-0.2, -0.15) is 0 Å². The Morgan fingerprint density at radius 1 is 1.19 bits per heavy atom. The van der Waals surface area contributed by atoms with E-state index in [1.807, 2.05) is 20.8 Å². The van der Waals surface area contributed by atoms with Gasteiger partial charge in [-0.25, -0.2) is 0 Å². The van der Waals surface area contributed by atoms with Gasteiger partial charge in [-0.1, -0.05) is 0 Å². The van der Waals surface area contributed by atoms with Gasteiger partial charge in [-0.3, -0.25) is 21.3 Å². The van der Waals surface area contributed by atoms with Crippen molar-refractivity contribution < 1.29 is 4.74 Å². The number of rotatable bonds is 3. The quantitative estimate of drug-likeness (QED) is 0.302. The Balaban J connectivity index is 2.00. The molecule has 0 radical (unpaired) electrons. The van der Waals surface area contributed by atoms with Gasteiger partial charge in [0.1, 0.15) is 17.4 Å². The lowest BCUT2D eigenvalue weighted by atomic mass is 10.2. The standard InChI is InChI=1S/C9H22N6O/c1-7(10)13-8(2,11)15-9(3,14-7)12-4-6-5-16-6/h6,12-15H,4-5,10-11H2,1-3H3. The van der Waals surface area contributed by atoms with Gasteiger partial charge < -0.3 is 16.2 Å². The zero-order valence-corrected chi connectivity index (χ0v) is 10.1. The van der Waals surface area contributed by atoms with Crippen LogP contribution in [0.3, 0.4) is 0 Å². The molecule has 3 atom stereocenters. The first kappa shape index (κ1) is 12.2. The van der Waals surface area contributed by atoms with Gasteiger partial charge in [0.05, 0.1) is 12.7 Å². The van der Waals surface area contributed by atoms with Crippen LogP contribution in [0.25, 0.3) is 0 Å². The highest BCUT2D eigenvalue weighted by atomic mass is 16.6. The predicted molar refractivity (Wildman–Crippen MR) is 60.7 cm³/mol. The van der Waals surface area contributed by atoms with Crippen LogP contribution in [0.4, 0.5) is 0 Å². The third-order valence-electron chi connectivity index (χ3n) is 2.62. The van der Waals surface area contributed by atoms with Crippen molar-refractivity contribution in [3.63, 3.8) is 0 Å². The Kier molecular flexibility index (Phi) is 2.75. The second-order valence-electron chi connectivity index (χ2n) is 5.24. The molecule has 0 aliphatic carbocycles. The van der Waals surface area contributed by atoms with Crippen LogP contribution in [0, 0.1) is 0 Å². The van der Waals surface area contributed by atoms with E-state index >= 15 is 0 Å². The summed E-state index contributed by atoms with van der Waals surface area (Å²) in [4.78, 5) is 0. The molecule has 2 aliphatic heterocycles. The van der Waals surface area contributed by atoms with Gasteiger partial charge in [0.25, 0.3) is 0 Å². The molecule has 7 heteroatoms. The molecule has 0 aromatic heterocycles. The number of hydrogen-bond acceptors (Lipinski definition) is 7. The van der Waals surface area contributed by atoms with Crippen molar-refractivity contribution in [1.82, 2.24) is 21.3 Å². The van der Waals surface area contributed by atoms with Crippen molar-refractivity contribution in [3.8, 4) is 0 Å². The monoisotopic (exact) mass is 230 g/mol. The minimum Gasteiger partial charge on any atom is -0.372 e. The smallest absolute Gasteiger partial charge is 0.125 e. The maximum absolute atomic E-state index is 6.04. The molecule has 8 N–H and O–H groups in total. The Hall–Kier alpha value is -0.280. The molecular weight excluding hydrogens is 208 g/mol.